The van der Waals surface area contributed by atoms with Crippen molar-refractivity contribution in [2.45, 2.75) is 63.7 Å². The smallest absolute Gasteiger partial charge is 0.326 e. The van der Waals surface area contributed by atoms with Crippen LogP contribution in [0.4, 0.5) is 0 Å². The van der Waals surface area contributed by atoms with E-state index in [1.165, 1.54) is 13.8 Å². The van der Waals surface area contributed by atoms with Gasteiger partial charge in [0.15, 0.2) is 0 Å². The summed E-state index contributed by atoms with van der Waals surface area (Å²) < 4.78 is 0. The minimum absolute atomic E-state index is 0.490. The third-order valence-electron chi connectivity index (χ3n) is 4.25. The van der Waals surface area contributed by atoms with Crippen molar-refractivity contribution in [2.24, 2.45) is 11.7 Å². The molecule has 0 saturated heterocycles. The highest BCUT2D eigenvalue weighted by Gasteiger charge is 2.33. The molecule has 15 heteroatoms. The number of aliphatic carboxylic acids is 4. The van der Waals surface area contributed by atoms with E-state index in [0.717, 1.165) is 0 Å². The van der Waals surface area contributed by atoms with Gasteiger partial charge in [-0.1, -0.05) is 13.8 Å². The number of carboxylic acids is 4. The molecule has 9 N–H and O–H groups in total. The summed E-state index contributed by atoms with van der Waals surface area (Å²) in [7, 11) is 0. The molecule has 0 aliphatic heterocycles. The number of carbonyl (C=O) groups excluding carboxylic acids is 3. The molecule has 0 bridgehead atoms. The molecule has 0 spiro atoms. The van der Waals surface area contributed by atoms with Gasteiger partial charge in [0.25, 0.3) is 0 Å². The van der Waals surface area contributed by atoms with Crippen molar-refractivity contribution in [3.05, 3.63) is 0 Å². The van der Waals surface area contributed by atoms with Gasteiger partial charge in [0.05, 0.1) is 18.9 Å². The predicted molar refractivity (Wildman–Crippen MR) is 108 cm³/mol. The van der Waals surface area contributed by atoms with Crippen molar-refractivity contribution in [1.29, 1.82) is 0 Å². The fraction of sp³-hybridized carbons (Fsp3) is 0.611. The van der Waals surface area contributed by atoms with Crippen molar-refractivity contribution in [1.82, 2.24) is 16.0 Å². The first-order valence-corrected chi connectivity index (χ1v) is 9.70. The van der Waals surface area contributed by atoms with Crippen LogP contribution in [0.3, 0.4) is 0 Å². The Morgan fingerprint density at radius 3 is 1.64 bits per heavy atom. The van der Waals surface area contributed by atoms with Crippen LogP contribution < -0.4 is 21.7 Å². The van der Waals surface area contributed by atoms with Gasteiger partial charge in [-0.2, -0.15) is 0 Å². The summed E-state index contributed by atoms with van der Waals surface area (Å²) in [5, 5.41) is 41.9. The second-order valence-electron chi connectivity index (χ2n) is 7.43. The largest absolute Gasteiger partial charge is 0.481 e. The van der Waals surface area contributed by atoms with Crippen molar-refractivity contribution in [3.8, 4) is 0 Å². The molecule has 186 valence electrons. The van der Waals surface area contributed by atoms with Gasteiger partial charge in [0.2, 0.25) is 17.7 Å². The maximum atomic E-state index is 12.6. The fourth-order valence-corrected chi connectivity index (χ4v) is 2.52. The Balaban J connectivity index is 5.47. The molecule has 0 saturated carbocycles. The number of hydrogen-bond donors (Lipinski definition) is 8. The molecule has 4 atom stereocenters. The Labute approximate surface area is 187 Å². The van der Waals surface area contributed by atoms with Gasteiger partial charge in [-0.05, 0) is 12.3 Å². The monoisotopic (exact) mass is 476 g/mol. The standard InChI is InChI=1S/C18H28N4O11/c1-7(2)14(22-15(29)8(19)5-12(25)26)17(31)21-10(6-13(27)28)16(30)20-9(18(32)33)3-4-11(23)24/h7-10,14H,3-6,19H2,1-2H3,(H,20,30)(H,21,31)(H,22,29)(H,23,24)(H,25,26)(H,27,28)(H,32,33). The summed E-state index contributed by atoms with van der Waals surface area (Å²) in [6.07, 6.45) is -2.74. The van der Waals surface area contributed by atoms with Crippen LogP contribution in [-0.2, 0) is 33.6 Å². The van der Waals surface area contributed by atoms with Crippen molar-refractivity contribution < 1.29 is 54.0 Å². The molecular formula is C18H28N4O11. The lowest BCUT2D eigenvalue weighted by Crippen LogP contribution is -2.58. The molecular weight excluding hydrogens is 448 g/mol. The highest BCUT2D eigenvalue weighted by Crippen LogP contribution is 2.06. The van der Waals surface area contributed by atoms with Crippen LogP contribution in [0.5, 0.6) is 0 Å². The summed E-state index contributed by atoms with van der Waals surface area (Å²) in [6, 6.07) is -6.21. The molecule has 0 aromatic heterocycles. The second-order valence-corrected chi connectivity index (χ2v) is 7.43. The minimum Gasteiger partial charge on any atom is -0.481 e. The molecule has 33 heavy (non-hydrogen) atoms. The van der Waals surface area contributed by atoms with E-state index in [-0.39, 0.29) is 0 Å². The van der Waals surface area contributed by atoms with Crippen LogP contribution in [0.1, 0.15) is 39.5 Å². The lowest BCUT2D eigenvalue weighted by atomic mass is 10.0. The second kappa shape index (κ2) is 13.6. The third kappa shape index (κ3) is 11.4. The van der Waals surface area contributed by atoms with Crippen LogP contribution >= 0.6 is 0 Å². The summed E-state index contributed by atoms with van der Waals surface area (Å²) in [6.45, 7) is 3.01. The van der Waals surface area contributed by atoms with Gasteiger partial charge in [-0.25, -0.2) is 4.79 Å². The fourth-order valence-electron chi connectivity index (χ4n) is 2.52. The number of carboxylic acid groups (broad SMARTS) is 4. The van der Waals surface area contributed by atoms with Gasteiger partial charge in [-0.15, -0.1) is 0 Å². The normalized spacial score (nSPS) is 14.3. The van der Waals surface area contributed by atoms with E-state index < -0.39 is 97.4 Å². The Kier molecular flexibility index (Phi) is 12.1. The summed E-state index contributed by atoms with van der Waals surface area (Å²) >= 11 is 0. The average Bonchev–Trinajstić information content (AvgIpc) is 2.66. The number of nitrogens with two attached hydrogens (primary N) is 1. The van der Waals surface area contributed by atoms with Crippen LogP contribution in [0.2, 0.25) is 0 Å². The first kappa shape index (κ1) is 29.2. The van der Waals surface area contributed by atoms with E-state index in [0.29, 0.717) is 0 Å². The SMILES string of the molecule is CC(C)C(NC(=O)C(N)CC(=O)O)C(=O)NC(CC(=O)O)C(=O)NC(CCC(=O)O)C(=O)O. The van der Waals surface area contributed by atoms with Gasteiger partial charge in [0, 0.05) is 6.42 Å². The van der Waals surface area contributed by atoms with Gasteiger partial charge in [0.1, 0.15) is 18.1 Å². The van der Waals surface area contributed by atoms with Gasteiger partial charge >= 0.3 is 23.9 Å². The number of rotatable bonds is 15. The van der Waals surface area contributed by atoms with E-state index in [9.17, 15) is 33.6 Å². The quantitative estimate of drug-likeness (QED) is 0.120. The maximum Gasteiger partial charge on any atom is 0.326 e. The first-order valence-electron chi connectivity index (χ1n) is 9.70. The zero-order valence-corrected chi connectivity index (χ0v) is 17.9. The Bertz CT molecular complexity index is 783. The summed E-state index contributed by atoms with van der Waals surface area (Å²) in [4.78, 5) is 80.9. The zero-order chi connectivity index (χ0) is 25.9. The topological polar surface area (TPSA) is 263 Å². The first-order chi connectivity index (χ1) is 15.1. The molecule has 0 aliphatic carbocycles. The molecule has 0 radical (unpaired) electrons. The lowest BCUT2D eigenvalue weighted by Gasteiger charge is -2.26. The van der Waals surface area contributed by atoms with Crippen LogP contribution in [-0.4, -0.2) is 86.2 Å². The Hall–Kier alpha value is -3.75. The molecule has 0 rings (SSSR count). The van der Waals surface area contributed by atoms with Crippen molar-refractivity contribution in [3.63, 3.8) is 0 Å². The predicted octanol–water partition coefficient (Wildman–Crippen LogP) is -2.68. The maximum absolute atomic E-state index is 12.6. The molecule has 0 aromatic carbocycles. The molecule has 0 aromatic rings. The molecule has 0 aliphatic rings. The van der Waals surface area contributed by atoms with E-state index in [4.69, 9.17) is 26.2 Å². The van der Waals surface area contributed by atoms with E-state index in [2.05, 4.69) is 10.6 Å². The van der Waals surface area contributed by atoms with E-state index in [1.54, 1.807) is 0 Å². The van der Waals surface area contributed by atoms with E-state index in [1.807, 2.05) is 5.32 Å². The number of hydrogen-bond acceptors (Lipinski definition) is 8. The number of amides is 3. The van der Waals surface area contributed by atoms with Crippen LogP contribution in [0.15, 0.2) is 0 Å². The van der Waals surface area contributed by atoms with Crippen LogP contribution in [0, 0.1) is 5.92 Å². The van der Waals surface area contributed by atoms with Gasteiger partial charge in [-0.3, -0.25) is 28.8 Å². The lowest BCUT2D eigenvalue weighted by molar-refractivity contribution is -0.144. The summed E-state index contributed by atoms with van der Waals surface area (Å²) in [5.41, 5.74) is 5.45. The molecule has 15 nitrogen and oxygen atoms in total. The minimum atomic E-state index is -1.76. The molecule has 0 heterocycles. The third-order valence-corrected chi connectivity index (χ3v) is 4.25. The van der Waals surface area contributed by atoms with Crippen molar-refractivity contribution >= 4 is 41.6 Å². The van der Waals surface area contributed by atoms with E-state index >= 15 is 0 Å². The molecule has 0 fully saturated rings. The number of nitrogens with one attached hydrogen (secondary N) is 3. The van der Waals surface area contributed by atoms with Crippen molar-refractivity contribution in [2.75, 3.05) is 0 Å². The van der Waals surface area contributed by atoms with Gasteiger partial charge < -0.3 is 42.1 Å². The Morgan fingerprint density at radius 2 is 1.21 bits per heavy atom. The molecule has 4 unspecified atom stereocenters. The van der Waals surface area contributed by atoms with Crippen LogP contribution in [0.25, 0.3) is 0 Å². The highest BCUT2D eigenvalue weighted by molar-refractivity contribution is 5.96. The number of carbonyl (C=O) groups is 7. The average molecular weight is 476 g/mol. The molecule has 3 amide bonds. The highest BCUT2D eigenvalue weighted by atomic mass is 16.4. The summed E-state index contributed by atoms with van der Waals surface area (Å²) in [5.74, 6) is -9.50. The Morgan fingerprint density at radius 1 is 0.697 bits per heavy atom. The zero-order valence-electron chi connectivity index (χ0n) is 17.9.